The molecule has 0 aromatic heterocycles. The van der Waals surface area contributed by atoms with Gasteiger partial charge in [0.25, 0.3) is 0 Å². The first-order valence-electron chi connectivity index (χ1n) is 4.90. The Morgan fingerprint density at radius 2 is 2.20 bits per heavy atom. The number of carboxylic acids is 1. The second-order valence-electron chi connectivity index (χ2n) is 3.63. The Balaban J connectivity index is 2.20. The van der Waals surface area contributed by atoms with Gasteiger partial charge in [-0.2, -0.15) is 0 Å². The van der Waals surface area contributed by atoms with Crippen LogP contribution in [-0.4, -0.2) is 16.2 Å². The molecule has 0 unspecified atom stereocenters. The van der Waals surface area contributed by atoms with Crippen molar-refractivity contribution in [2.75, 3.05) is 0 Å². The van der Waals surface area contributed by atoms with Crippen LogP contribution in [0.25, 0.3) is 5.57 Å². The number of aromatic hydroxyl groups is 1. The van der Waals surface area contributed by atoms with E-state index < -0.39 is 5.97 Å². The molecule has 2 N–H and O–H groups in total. The zero-order valence-corrected chi connectivity index (χ0v) is 8.23. The lowest BCUT2D eigenvalue weighted by Gasteiger charge is -2.05. The summed E-state index contributed by atoms with van der Waals surface area (Å²) in [6, 6.07) is 5.37. The van der Waals surface area contributed by atoms with Gasteiger partial charge in [0.05, 0.1) is 0 Å². The second-order valence-corrected chi connectivity index (χ2v) is 3.63. The quantitative estimate of drug-likeness (QED) is 0.793. The van der Waals surface area contributed by atoms with Gasteiger partial charge >= 0.3 is 5.97 Å². The average molecular weight is 204 g/mol. The van der Waals surface area contributed by atoms with Gasteiger partial charge in [-0.05, 0) is 30.0 Å². The number of fused-ring (bicyclic) bond motifs is 1. The van der Waals surface area contributed by atoms with Gasteiger partial charge < -0.3 is 10.2 Å². The van der Waals surface area contributed by atoms with E-state index >= 15 is 0 Å². The van der Waals surface area contributed by atoms with Crippen LogP contribution in [0.15, 0.2) is 24.3 Å². The van der Waals surface area contributed by atoms with Crippen molar-refractivity contribution >= 4 is 11.5 Å². The van der Waals surface area contributed by atoms with Gasteiger partial charge in [-0.15, -0.1) is 0 Å². The number of carboxylic acid groups (broad SMARTS) is 1. The third-order valence-electron chi connectivity index (χ3n) is 2.66. The third kappa shape index (κ3) is 1.86. The Hall–Kier alpha value is -1.77. The topological polar surface area (TPSA) is 57.5 Å². The summed E-state index contributed by atoms with van der Waals surface area (Å²) in [7, 11) is 0. The van der Waals surface area contributed by atoms with E-state index in [9.17, 15) is 9.90 Å². The average Bonchev–Trinajstić information content (AvgIpc) is 2.59. The summed E-state index contributed by atoms with van der Waals surface area (Å²) in [6.07, 6.45) is 3.37. The highest BCUT2D eigenvalue weighted by Gasteiger charge is 2.17. The predicted octanol–water partition coefficient (Wildman–Crippen LogP) is 2.20. The molecule has 0 bridgehead atoms. The van der Waals surface area contributed by atoms with Crippen LogP contribution in [-0.2, 0) is 11.2 Å². The molecule has 1 aromatic carbocycles. The van der Waals surface area contributed by atoms with E-state index in [2.05, 4.69) is 0 Å². The lowest BCUT2D eigenvalue weighted by atomic mass is 10.0. The normalized spacial score (nSPS) is 13.5. The summed E-state index contributed by atoms with van der Waals surface area (Å²) in [6.45, 7) is 0. The number of hydrogen-bond donors (Lipinski definition) is 2. The molecule has 3 nitrogen and oxygen atoms in total. The fraction of sp³-hybridized carbons (Fsp3) is 0.250. The summed E-state index contributed by atoms with van der Waals surface area (Å²) in [5.41, 5.74) is 2.94. The maximum Gasteiger partial charge on any atom is 0.303 e. The molecule has 0 saturated carbocycles. The van der Waals surface area contributed by atoms with Gasteiger partial charge in [0, 0.05) is 12.0 Å². The van der Waals surface area contributed by atoms with Gasteiger partial charge in [-0.25, -0.2) is 0 Å². The molecule has 0 radical (unpaired) electrons. The van der Waals surface area contributed by atoms with Crippen LogP contribution < -0.4 is 0 Å². The van der Waals surface area contributed by atoms with Crippen LogP contribution >= 0.6 is 0 Å². The summed E-state index contributed by atoms with van der Waals surface area (Å²) in [5, 5.41) is 18.2. The first-order valence-corrected chi connectivity index (χ1v) is 4.90. The monoisotopic (exact) mass is 204 g/mol. The molecule has 3 heteroatoms. The summed E-state index contributed by atoms with van der Waals surface area (Å²) >= 11 is 0. The van der Waals surface area contributed by atoms with Crippen molar-refractivity contribution in [3.8, 4) is 5.75 Å². The minimum absolute atomic E-state index is 0.140. The van der Waals surface area contributed by atoms with Crippen molar-refractivity contribution in [3.05, 3.63) is 35.4 Å². The van der Waals surface area contributed by atoms with Gasteiger partial charge in [0.1, 0.15) is 5.75 Å². The molecule has 2 rings (SSSR count). The Labute approximate surface area is 87.7 Å². The van der Waals surface area contributed by atoms with Gasteiger partial charge in [-0.3, -0.25) is 4.79 Å². The van der Waals surface area contributed by atoms with E-state index in [1.807, 2.05) is 12.1 Å². The van der Waals surface area contributed by atoms with E-state index in [0.717, 1.165) is 16.7 Å². The summed E-state index contributed by atoms with van der Waals surface area (Å²) in [4.78, 5) is 10.5. The number of allylic oxidation sites excluding steroid dienone is 2. The smallest absolute Gasteiger partial charge is 0.303 e. The van der Waals surface area contributed by atoms with Gasteiger partial charge in [-0.1, -0.05) is 18.2 Å². The molecule has 0 atom stereocenters. The van der Waals surface area contributed by atoms with E-state index in [1.54, 1.807) is 12.1 Å². The predicted molar refractivity (Wildman–Crippen MR) is 56.7 cm³/mol. The van der Waals surface area contributed by atoms with Gasteiger partial charge in [0.2, 0.25) is 0 Å². The van der Waals surface area contributed by atoms with Crippen LogP contribution in [0.4, 0.5) is 0 Å². The molecule has 1 aliphatic carbocycles. The molecule has 0 fully saturated rings. The SMILES string of the molecule is O=C(O)CCC1=CCc2c(O)cccc21. The highest BCUT2D eigenvalue weighted by Crippen LogP contribution is 2.35. The second kappa shape index (κ2) is 3.77. The van der Waals surface area contributed by atoms with Crippen LogP contribution in [0.3, 0.4) is 0 Å². The summed E-state index contributed by atoms with van der Waals surface area (Å²) < 4.78 is 0. The highest BCUT2D eigenvalue weighted by molar-refractivity contribution is 5.78. The molecule has 0 aliphatic heterocycles. The molecule has 1 aliphatic rings. The first-order chi connectivity index (χ1) is 7.18. The standard InChI is InChI=1S/C12H12O3/c13-11-3-1-2-9-8(4-6-10(9)11)5-7-12(14)15/h1-4,13H,5-7H2,(H,14,15). The van der Waals surface area contributed by atoms with E-state index in [4.69, 9.17) is 5.11 Å². The Bertz CT molecular complexity index is 432. The number of phenolic OH excluding ortho intramolecular Hbond substituents is 1. The largest absolute Gasteiger partial charge is 0.508 e. The minimum atomic E-state index is -0.787. The molecule has 15 heavy (non-hydrogen) atoms. The van der Waals surface area contributed by atoms with Crippen molar-refractivity contribution < 1.29 is 15.0 Å². The highest BCUT2D eigenvalue weighted by atomic mass is 16.4. The Morgan fingerprint density at radius 1 is 1.40 bits per heavy atom. The van der Waals surface area contributed by atoms with E-state index in [0.29, 0.717) is 18.6 Å². The third-order valence-corrected chi connectivity index (χ3v) is 2.66. The molecule has 78 valence electrons. The number of carbonyl (C=O) groups is 1. The maximum atomic E-state index is 10.5. The van der Waals surface area contributed by atoms with Crippen molar-refractivity contribution in [2.24, 2.45) is 0 Å². The molecular weight excluding hydrogens is 192 g/mol. The molecule has 0 amide bonds. The molecule has 0 saturated heterocycles. The number of aliphatic carboxylic acids is 1. The van der Waals surface area contributed by atoms with Crippen LogP contribution in [0, 0.1) is 0 Å². The molecule has 1 aromatic rings. The molecule has 0 heterocycles. The van der Waals surface area contributed by atoms with Crippen molar-refractivity contribution in [3.63, 3.8) is 0 Å². The fourth-order valence-corrected chi connectivity index (χ4v) is 1.90. The van der Waals surface area contributed by atoms with Crippen LogP contribution in [0.1, 0.15) is 24.0 Å². The molecule has 0 spiro atoms. The van der Waals surface area contributed by atoms with Crippen molar-refractivity contribution in [1.82, 2.24) is 0 Å². The molecular formula is C12H12O3. The Kier molecular flexibility index (Phi) is 2.46. The zero-order valence-electron chi connectivity index (χ0n) is 8.23. The number of rotatable bonds is 3. The maximum absolute atomic E-state index is 10.5. The van der Waals surface area contributed by atoms with Gasteiger partial charge in [0.15, 0.2) is 0 Å². The minimum Gasteiger partial charge on any atom is -0.508 e. The van der Waals surface area contributed by atoms with E-state index in [-0.39, 0.29) is 6.42 Å². The number of benzene rings is 1. The first kappa shape index (κ1) is 9.77. The van der Waals surface area contributed by atoms with Crippen LogP contribution in [0.2, 0.25) is 0 Å². The van der Waals surface area contributed by atoms with E-state index in [1.165, 1.54) is 0 Å². The number of hydrogen-bond acceptors (Lipinski definition) is 2. The summed E-state index contributed by atoms with van der Waals surface area (Å²) in [5.74, 6) is -0.487. The van der Waals surface area contributed by atoms with Crippen molar-refractivity contribution in [2.45, 2.75) is 19.3 Å². The van der Waals surface area contributed by atoms with Crippen LogP contribution in [0.5, 0.6) is 5.75 Å². The Morgan fingerprint density at radius 3 is 2.93 bits per heavy atom. The van der Waals surface area contributed by atoms with Crippen molar-refractivity contribution in [1.29, 1.82) is 0 Å². The zero-order chi connectivity index (χ0) is 10.8. The fourth-order valence-electron chi connectivity index (χ4n) is 1.90. The lowest BCUT2D eigenvalue weighted by Crippen LogP contribution is -1.94. The number of phenols is 1. The lowest BCUT2D eigenvalue weighted by molar-refractivity contribution is -0.136.